The van der Waals surface area contributed by atoms with Gasteiger partial charge < -0.3 is 9.84 Å². The van der Waals surface area contributed by atoms with E-state index >= 15 is 0 Å². The molecule has 4 rings (SSSR count). The van der Waals surface area contributed by atoms with Crippen LogP contribution in [0, 0.1) is 29.1 Å². The molecule has 4 bridgehead atoms. The Hall–Kier alpha value is -0.570. The molecule has 4 saturated carbocycles. The van der Waals surface area contributed by atoms with E-state index in [9.17, 15) is 9.90 Å². The van der Waals surface area contributed by atoms with Crippen molar-refractivity contribution in [3.05, 3.63) is 0 Å². The van der Waals surface area contributed by atoms with Crippen molar-refractivity contribution < 1.29 is 14.6 Å². The zero-order valence-corrected chi connectivity index (χ0v) is 11.4. The summed E-state index contributed by atoms with van der Waals surface area (Å²) in [5.41, 5.74) is 0.211. The number of hydrogen-bond donors (Lipinski definition) is 1. The smallest absolute Gasteiger partial charge is 0.334 e. The summed E-state index contributed by atoms with van der Waals surface area (Å²) in [4.78, 5) is 11.6. The van der Waals surface area contributed by atoms with Gasteiger partial charge in [0, 0.05) is 0 Å². The summed E-state index contributed by atoms with van der Waals surface area (Å²) in [7, 11) is 1.36. The molecule has 0 aromatic heterocycles. The minimum Gasteiger partial charge on any atom is -0.467 e. The van der Waals surface area contributed by atoms with Gasteiger partial charge >= 0.3 is 5.97 Å². The Morgan fingerprint density at radius 3 is 2.00 bits per heavy atom. The van der Waals surface area contributed by atoms with Crippen molar-refractivity contribution >= 4 is 5.97 Å². The fraction of sp³-hybridized carbons (Fsp3) is 0.933. The van der Waals surface area contributed by atoms with Crippen LogP contribution in [-0.2, 0) is 9.53 Å². The second-order valence-corrected chi connectivity index (χ2v) is 7.04. The molecule has 0 aliphatic heterocycles. The summed E-state index contributed by atoms with van der Waals surface area (Å²) in [6.07, 6.45) is 6.88. The second kappa shape index (κ2) is 4.22. The van der Waals surface area contributed by atoms with Crippen molar-refractivity contribution in [3.63, 3.8) is 0 Å². The van der Waals surface area contributed by atoms with Gasteiger partial charge in [0.15, 0.2) is 6.10 Å². The average Bonchev–Trinajstić information content (AvgIpc) is 2.34. The largest absolute Gasteiger partial charge is 0.467 e. The number of aliphatic hydroxyl groups is 1. The molecular weight excluding hydrogens is 228 g/mol. The monoisotopic (exact) mass is 252 g/mol. The molecule has 0 amide bonds. The quantitative estimate of drug-likeness (QED) is 0.784. The number of aliphatic hydroxyl groups excluding tert-OH is 1. The number of carbonyl (C=O) groups excluding carboxylic acids is 1. The summed E-state index contributed by atoms with van der Waals surface area (Å²) in [5, 5.41) is 10.2. The predicted molar refractivity (Wildman–Crippen MR) is 67.8 cm³/mol. The number of esters is 1. The third kappa shape index (κ3) is 1.78. The zero-order chi connectivity index (χ0) is 12.9. The first-order valence-electron chi connectivity index (χ1n) is 7.30. The molecule has 102 valence electrons. The number of ether oxygens (including phenoxy) is 1. The summed E-state index contributed by atoms with van der Waals surface area (Å²) in [5.74, 6) is 2.13. The Morgan fingerprint density at radius 2 is 1.61 bits per heavy atom. The van der Waals surface area contributed by atoms with Crippen LogP contribution in [0.25, 0.3) is 0 Å². The van der Waals surface area contributed by atoms with Gasteiger partial charge in [-0.15, -0.1) is 0 Å². The van der Waals surface area contributed by atoms with Gasteiger partial charge in [0.2, 0.25) is 0 Å². The minimum atomic E-state index is -0.939. The van der Waals surface area contributed by atoms with Gasteiger partial charge in [0.1, 0.15) is 0 Å². The van der Waals surface area contributed by atoms with E-state index in [0.29, 0.717) is 0 Å². The lowest BCUT2D eigenvalue weighted by Gasteiger charge is -2.59. The van der Waals surface area contributed by atoms with E-state index in [1.807, 2.05) is 0 Å². The maximum atomic E-state index is 11.6. The Bertz CT molecular complexity index is 314. The molecule has 0 heterocycles. The van der Waals surface area contributed by atoms with E-state index < -0.39 is 12.1 Å². The second-order valence-electron chi connectivity index (χ2n) is 7.04. The fourth-order valence-corrected chi connectivity index (χ4v) is 5.40. The standard InChI is InChI=1S/C15H24O3/c1-9(13(16)14(17)18-2)15-6-10-3-11(7-15)5-12(4-10)8-15/h9-13,16H,3-8H2,1-2H3. The van der Waals surface area contributed by atoms with Crippen LogP contribution in [0.1, 0.15) is 45.4 Å². The van der Waals surface area contributed by atoms with Gasteiger partial charge in [-0.2, -0.15) is 0 Å². The van der Waals surface area contributed by atoms with Crippen molar-refractivity contribution in [3.8, 4) is 0 Å². The van der Waals surface area contributed by atoms with E-state index in [2.05, 4.69) is 6.92 Å². The molecule has 0 radical (unpaired) electrons. The SMILES string of the molecule is COC(=O)C(O)C(C)C12CC3CC(CC(C3)C1)C2. The molecular formula is C15H24O3. The molecule has 1 N–H and O–H groups in total. The highest BCUT2D eigenvalue weighted by Gasteiger charge is 2.55. The Balaban J connectivity index is 1.80. The van der Waals surface area contributed by atoms with Crippen LogP contribution < -0.4 is 0 Å². The fourth-order valence-electron chi connectivity index (χ4n) is 5.40. The van der Waals surface area contributed by atoms with E-state index in [-0.39, 0.29) is 11.3 Å². The first kappa shape index (κ1) is 12.5. The van der Waals surface area contributed by atoms with Crippen molar-refractivity contribution in [1.29, 1.82) is 0 Å². The average molecular weight is 252 g/mol. The molecule has 4 aliphatic carbocycles. The van der Waals surface area contributed by atoms with Crippen molar-refractivity contribution in [1.82, 2.24) is 0 Å². The summed E-state index contributed by atoms with van der Waals surface area (Å²) >= 11 is 0. The highest BCUT2D eigenvalue weighted by molar-refractivity contribution is 5.74. The molecule has 18 heavy (non-hydrogen) atoms. The van der Waals surface area contributed by atoms with Gasteiger partial charge in [0.05, 0.1) is 7.11 Å². The van der Waals surface area contributed by atoms with E-state index in [4.69, 9.17) is 4.74 Å². The number of hydrogen-bond acceptors (Lipinski definition) is 3. The van der Waals surface area contributed by atoms with Gasteiger partial charge in [0.25, 0.3) is 0 Å². The van der Waals surface area contributed by atoms with Crippen LogP contribution >= 0.6 is 0 Å². The molecule has 3 heteroatoms. The topological polar surface area (TPSA) is 46.5 Å². The van der Waals surface area contributed by atoms with E-state index in [1.54, 1.807) is 0 Å². The Labute approximate surface area is 109 Å². The summed E-state index contributed by atoms with van der Waals surface area (Å²) < 4.78 is 4.71. The molecule has 0 aromatic carbocycles. The Morgan fingerprint density at radius 1 is 1.17 bits per heavy atom. The van der Waals surface area contributed by atoms with Crippen LogP contribution in [0.15, 0.2) is 0 Å². The van der Waals surface area contributed by atoms with Gasteiger partial charge in [-0.25, -0.2) is 4.79 Å². The van der Waals surface area contributed by atoms with Crippen LogP contribution in [0.5, 0.6) is 0 Å². The van der Waals surface area contributed by atoms with Gasteiger partial charge in [-0.1, -0.05) is 6.92 Å². The molecule has 3 nitrogen and oxygen atoms in total. The van der Waals surface area contributed by atoms with Crippen molar-refractivity contribution in [2.75, 3.05) is 7.11 Å². The van der Waals surface area contributed by atoms with Crippen LogP contribution in [-0.4, -0.2) is 24.3 Å². The van der Waals surface area contributed by atoms with E-state index in [0.717, 1.165) is 17.8 Å². The molecule has 0 spiro atoms. The lowest BCUT2D eigenvalue weighted by molar-refractivity contribution is -0.164. The lowest BCUT2D eigenvalue weighted by atomic mass is 9.46. The summed E-state index contributed by atoms with van der Waals surface area (Å²) in [6, 6.07) is 0. The highest BCUT2D eigenvalue weighted by atomic mass is 16.5. The lowest BCUT2D eigenvalue weighted by Crippen LogP contribution is -2.52. The first-order valence-corrected chi connectivity index (χ1v) is 7.30. The maximum absolute atomic E-state index is 11.6. The van der Waals surface area contributed by atoms with Gasteiger partial charge in [-0.3, -0.25) is 0 Å². The van der Waals surface area contributed by atoms with Crippen molar-refractivity contribution in [2.24, 2.45) is 29.1 Å². The molecule has 2 atom stereocenters. The molecule has 0 saturated heterocycles. The molecule has 2 unspecified atom stereocenters. The Kier molecular flexibility index (Phi) is 2.92. The highest BCUT2D eigenvalue weighted by Crippen LogP contribution is 2.63. The van der Waals surface area contributed by atoms with E-state index in [1.165, 1.54) is 45.6 Å². The number of methoxy groups -OCH3 is 1. The predicted octanol–water partition coefficient (Wildman–Crippen LogP) is 2.37. The minimum absolute atomic E-state index is 0.0401. The number of carbonyl (C=O) groups is 1. The van der Waals surface area contributed by atoms with Gasteiger partial charge in [-0.05, 0) is 67.6 Å². The van der Waals surface area contributed by atoms with Crippen LogP contribution in [0.4, 0.5) is 0 Å². The third-order valence-electron chi connectivity index (χ3n) is 5.97. The molecule has 4 aliphatic rings. The zero-order valence-electron chi connectivity index (χ0n) is 11.4. The van der Waals surface area contributed by atoms with Crippen molar-refractivity contribution in [2.45, 2.75) is 51.6 Å². The number of rotatable bonds is 3. The molecule has 0 aromatic rings. The van der Waals surface area contributed by atoms with Crippen LogP contribution in [0.3, 0.4) is 0 Å². The normalized spacial score (nSPS) is 44.7. The first-order chi connectivity index (χ1) is 8.54. The third-order valence-corrected chi connectivity index (χ3v) is 5.97. The summed E-state index contributed by atoms with van der Waals surface area (Å²) in [6.45, 7) is 2.05. The maximum Gasteiger partial charge on any atom is 0.334 e. The van der Waals surface area contributed by atoms with Crippen LogP contribution in [0.2, 0.25) is 0 Å². The molecule has 4 fully saturated rings.